The maximum absolute atomic E-state index is 13.1. The highest BCUT2D eigenvalue weighted by Crippen LogP contribution is 2.29. The molecular formula is C23H23F2N3O. The molecule has 150 valence electrons. The van der Waals surface area contributed by atoms with Crippen molar-refractivity contribution in [1.82, 2.24) is 15.1 Å². The standard InChI is InChI=1S/C23H23F2N3O/c24-19-8-3-16(4-9-19)5-12-23(29)28-13-1-2-18(15-28)22-14-21(26-27-22)17-6-10-20(25)11-7-17/h3-4,6-11,14,18H,1-2,5,12-13,15H2,(H,26,27)/t18-/m0/s1. The van der Waals surface area contributed by atoms with Crippen LogP contribution in [0, 0.1) is 11.6 Å². The molecule has 0 saturated carbocycles. The number of nitrogens with one attached hydrogen (secondary N) is 1. The molecule has 1 amide bonds. The molecule has 6 heteroatoms. The first-order valence-electron chi connectivity index (χ1n) is 9.92. The smallest absolute Gasteiger partial charge is 0.222 e. The Bertz CT molecular complexity index is 967. The Morgan fingerprint density at radius 3 is 2.48 bits per heavy atom. The fourth-order valence-electron chi connectivity index (χ4n) is 3.83. The van der Waals surface area contributed by atoms with Gasteiger partial charge in [-0.05, 0) is 67.3 Å². The monoisotopic (exact) mass is 395 g/mol. The van der Waals surface area contributed by atoms with Crippen molar-refractivity contribution in [3.8, 4) is 11.3 Å². The van der Waals surface area contributed by atoms with E-state index in [4.69, 9.17) is 0 Å². The van der Waals surface area contributed by atoms with Crippen LogP contribution >= 0.6 is 0 Å². The minimum absolute atomic E-state index is 0.122. The predicted octanol–water partition coefficient (Wildman–Crippen LogP) is 4.69. The van der Waals surface area contributed by atoms with Gasteiger partial charge in [0.05, 0.1) is 5.69 Å². The fourth-order valence-corrected chi connectivity index (χ4v) is 3.83. The van der Waals surface area contributed by atoms with E-state index in [9.17, 15) is 13.6 Å². The largest absolute Gasteiger partial charge is 0.342 e. The van der Waals surface area contributed by atoms with Crippen LogP contribution in [0.15, 0.2) is 54.6 Å². The molecule has 29 heavy (non-hydrogen) atoms. The van der Waals surface area contributed by atoms with E-state index in [2.05, 4.69) is 10.2 Å². The van der Waals surface area contributed by atoms with Crippen LogP contribution in [0.1, 0.15) is 36.4 Å². The molecule has 1 fully saturated rings. The molecule has 2 heterocycles. The highest BCUT2D eigenvalue weighted by Gasteiger charge is 2.26. The van der Waals surface area contributed by atoms with Crippen LogP contribution in [-0.4, -0.2) is 34.1 Å². The minimum Gasteiger partial charge on any atom is -0.342 e. The maximum atomic E-state index is 13.1. The average Bonchev–Trinajstić information content (AvgIpc) is 3.24. The van der Waals surface area contributed by atoms with E-state index in [1.807, 2.05) is 11.0 Å². The summed E-state index contributed by atoms with van der Waals surface area (Å²) in [5, 5.41) is 7.46. The summed E-state index contributed by atoms with van der Waals surface area (Å²) in [7, 11) is 0. The number of piperidine rings is 1. The lowest BCUT2D eigenvalue weighted by molar-refractivity contribution is -0.132. The third-order valence-corrected chi connectivity index (χ3v) is 5.49. The van der Waals surface area contributed by atoms with Gasteiger partial charge in [0.1, 0.15) is 11.6 Å². The summed E-state index contributed by atoms with van der Waals surface area (Å²) in [6.07, 6.45) is 2.96. The van der Waals surface area contributed by atoms with Crippen molar-refractivity contribution in [3.05, 3.63) is 77.5 Å². The van der Waals surface area contributed by atoms with Crippen molar-refractivity contribution in [2.75, 3.05) is 13.1 Å². The zero-order valence-corrected chi connectivity index (χ0v) is 16.1. The van der Waals surface area contributed by atoms with Crippen LogP contribution in [0.5, 0.6) is 0 Å². The zero-order chi connectivity index (χ0) is 20.2. The van der Waals surface area contributed by atoms with Gasteiger partial charge in [-0.2, -0.15) is 5.10 Å². The van der Waals surface area contributed by atoms with Gasteiger partial charge in [-0.25, -0.2) is 8.78 Å². The summed E-state index contributed by atoms with van der Waals surface area (Å²) >= 11 is 0. The summed E-state index contributed by atoms with van der Waals surface area (Å²) in [4.78, 5) is 14.6. The third-order valence-electron chi connectivity index (χ3n) is 5.49. The molecule has 3 aromatic rings. The fraction of sp³-hybridized carbons (Fsp3) is 0.304. The Morgan fingerprint density at radius 1 is 1.07 bits per heavy atom. The molecule has 2 aromatic carbocycles. The summed E-state index contributed by atoms with van der Waals surface area (Å²) in [6, 6.07) is 14.6. The summed E-state index contributed by atoms with van der Waals surface area (Å²) in [5.41, 5.74) is 3.60. The van der Waals surface area contributed by atoms with Gasteiger partial charge in [-0.15, -0.1) is 0 Å². The van der Waals surface area contributed by atoms with Crippen LogP contribution < -0.4 is 0 Å². The predicted molar refractivity (Wildman–Crippen MR) is 107 cm³/mol. The van der Waals surface area contributed by atoms with Gasteiger partial charge in [-0.3, -0.25) is 9.89 Å². The molecule has 4 nitrogen and oxygen atoms in total. The number of halogens is 2. The van der Waals surface area contributed by atoms with Crippen molar-refractivity contribution in [3.63, 3.8) is 0 Å². The van der Waals surface area contributed by atoms with E-state index in [1.54, 1.807) is 24.3 Å². The molecule has 1 aliphatic rings. The Labute approximate surface area is 168 Å². The Hall–Kier alpha value is -3.02. The number of amides is 1. The molecule has 1 aromatic heterocycles. The number of nitrogens with zero attached hydrogens (tertiary/aromatic N) is 2. The number of aromatic amines is 1. The number of rotatable bonds is 5. The molecular weight excluding hydrogens is 372 g/mol. The number of H-pyrrole nitrogens is 1. The SMILES string of the molecule is O=C(CCc1ccc(F)cc1)N1CCC[C@H](c2cc(-c3ccc(F)cc3)n[nH]2)C1. The molecule has 1 atom stereocenters. The second-order valence-electron chi connectivity index (χ2n) is 7.52. The summed E-state index contributed by atoms with van der Waals surface area (Å²) < 4.78 is 26.1. The summed E-state index contributed by atoms with van der Waals surface area (Å²) in [5.74, 6) is -0.206. The van der Waals surface area contributed by atoms with Crippen LogP contribution in [0.2, 0.25) is 0 Å². The topological polar surface area (TPSA) is 49.0 Å². The number of carbonyl (C=O) groups is 1. The zero-order valence-electron chi connectivity index (χ0n) is 16.1. The number of likely N-dealkylation sites (tertiary alicyclic amines) is 1. The van der Waals surface area contributed by atoms with Gasteiger partial charge in [-0.1, -0.05) is 12.1 Å². The molecule has 0 bridgehead atoms. The lowest BCUT2D eigenvalue weighted by atomic mass is 9.94. The quantitative estimate of drug-likeness (QED) is 0.681. The van der Waals surface area contributed by atoms with E-state index in [0.717, 1.165) is 41.9 Å². The Morgan fingerprint density at radius 2 is 1.76 bits per heavy atom. The van der Waals surface area contributed by atoms with Crippen LogP contribution in [0.3, 0.4) is 0 Å². The number of benzene rings is 2. The molecule has 1 aliphatic heterocycles. The van der Waals surface area contributed by atoms with Gasteiger partial charge in [0.25, 0.3) is 0 Å². The Balaban J connectivity index is 1.37. The van der Waals surface area contributed by atoms with E-state index in [1.165, 1.54) is 24.3 Å². The number of aromatic nitrogens is 2. The highest BCUT2D eigenvalue weighted by molar-refractivity contribution is 5.76. The van der Waals surface area contributed by atoms with E-state index in [0.29, 0.717) is 19.4 Å². The number of aryl methyl sites for hydroxylation is 1. The highest BCUT2D eigenvalue weighted by atomic mass is 19.1. The number of carbonyl (C=O) groups excluding carboxylic acids is 1. The summed E-state index contributed by atoms with van der Waals surface area (Å²) in [6.45, 7) is 1.42. The van der Waals surface area contributed by atoms with E-state index >= 15 is 0 Å². The first kappa shape index (κ1) is 19.3. The van der Waals surface area contributed by atoms with E-state index < -0.39 is 0 Å². The number of hydrogen-bond donors (Lipinski definition) is 1. The van der Waals surface area contributed by atoms with Crippen molar-refractivity contribution in [1.29, 1.82) is 0 Å². The molecule has 0 radical (unpaired) electrons. The van der Waals surface area contributed by atoms with Gasteiger partial charge < -0.3 is 4.90 Å². The lowest BCUT2D eigenvalue weighted by Gasteiger charge is -2.32. The first-order valence-corrected chi connectivity index (χ1v) is 9.92. The molecule has 4 rings (SSSR count). The minimum atomic E-state index is -0.272. The van der Waals surface area contributed by atoms with Crippen LogP contribution in [-0.2, 0) is 11.2 Å². The van der Waals surface area contributed by atoms with Crippen molar-refractivity contribution >= 4 is 5.91 Å². The Kier molecular flexibility index (Phi) is 5.69. The molecule has 0 aliphatic carbocycles. The van der Waals surface area contributed by atoms with Crippen molar-refractivity contribution < 1.29 is 13.6 Å². The second kappa shape index (κ2) is 8.55. The van der Waals surface area contributed by atoms with Crippen molar-refractivity contribution in [2.24, 2.45) is 0 Å². The van der Waals surface area contributed by atoms with Gasteiger partial charge in [0.15, 0.2) is 0 Å². The average molecular weight is 395 g/mol. The van der Waals surface area contributed by atoms with E-state index in [-0.39, 0.29) is 23.5 Å². The van der Waals surface area contributed by atoms with Gasteiger partial charge in [0.2, 0.25) is 5.91 Å². The molecule has 1 saturated heterocycles. The van der Waals surface area contributed by atoms with Crippen LogP contribution in [0.25, 0.3) is 11.3 Å². The van der Waals surface area contributed by atoms with Crippen LogP contribution in [0.4, 0.5) is 8.78 Å². The molecule has 1 N–H and O–H groups in total. The molecule has 0 unspecified atom stereocenters. The van der Waals surface area contributed by atoms with Gasteiger partial charge >= 0.3 is 0 Å². The maximum Gasteiger partial charge on any atom is 0.222 e. The third kappa shape index (κ3) is 4.70. The lowest BCUT2D eigenvalue weighted by Crippen LogP contribution is -2.39. The number of hydrogen-bond acceptors (Lipinski definition) is 2. The normalized spacial score (nSPS) is 16.8. The van der Waals surface area contributed by atoms with Crippen molar-refractivity contribution in [2.45, 2.75) is 31.6 Å². The molecule has 0 spiro atoms. The van der Waals surface area contributed by atoms with Gasteiger partial charge in [0, 0.05) is 36.7 Å². The second-order valence-corrected chi connectivity index (χ2v) is 7.52. The first-order chi connectivity index (χ1) is 14.1.